The van der Waals surface area contributed by atoms with E-state index in [1.54, 1.807) is 10.4 Å². The molecule has 1 atom stereocenters. The maximum Gasteiger partial charge on any atom is 0.0704 e. The summed E-state index contributed by atoms with van der Waals surface area (Å²) >= 11 is 5.56. The van der Waals surface area contributed by atoms with Gasteiger partial charge in [-0.05, 0) is 73.4 Å². The van der Waals surface area contributed by atoms with Gasteiger partial charge in [-0.25, -0.2) is 0 Å². The molecular weight excluding hydrogens is 346 g/mol. The second kappa shape index (κ2) is 7.55. The molecule has 1 saturated heterocycles. The Morgan fingerprint density at radius 3 is 2.95 bits per heavy atom. The fourth-order valence-electron chi connectivity index (χ4n) is 3.38. The molecule has 1 aliphatic heterocycles. The van der Waals surface area contributed by atoms with E-state index in [1.807, 2.05) is 11.3 Å². The molecule has 2 heterocycles. The lowest BCUT2D eigenvalue weighted by Crippen LogP contribution is -2.45. The van der Waals surface area contributed by atoms with Crippen molar-refractivity contribution in [2.45, 2.75) is 31.7 Å². The van der Waals surface area contributed by atoms with Crippen LogP contribution in [0.3, 0.4) is 0 Å². The number of nitrogens with one attached hydrogen (secondary N) is 1. The van der Waals surface area contributed by atoms with Crippen LogP contribution in [0.1, 0.15) is 35.7 Å². The van der Waals surface area contributed by atoms with E-state index in [-0.39, 0.29) is 0 Å². The van der Waals surface area contributed by atoms with Crippen molar-refractivity contribution in [3.8, 4) is 0 Å². The molecule has 1 fully saturated rings. The molecule has 118 valence electrons. The summed E-state index contributed by atoms with van der Waals surface area (Å²) in [6.45, 7) is 7.31. The lowest BCUT2D eigenvalue weighted by molar-refractivity contribution is 0.152. The third-order valence-electron chi connectivity index (χ3n) is 4.72. The lowest BCUT2D eigenvalue weighted by Gasteiger charge is -2.32. The van der Waals surface area contributed by atoms with Crippen LogP contribution < -0.4 is 5.32 Å². The molecule has 0 spiro atoms. The number of thiophene rings is 1. The van der Waals surface area contributed by atoms with Gasteiger partial charge in [-0.1, -0.05) is 0 Å². The van der Waals surface area contributed by atoms with Crippen molar-refractivity contribution >= 4 is 27.3 Å². The van der Waals surface area contributed by atoms with Crippen molar-refractivity contribution in [2.24, 2.45) is 0 Å². The molecule has 2 aliphatic rings. The van der Waals surface area contributed by atoms with Gasteiger partial charge >= 0.3 is 0 Å². The summed E-state index contributed by atoms with van der Waals surface area (Å²) in [6, 6.07) is 2.92. The zero-order valence-electron chi connectivity index (χ0n) is 12.9. The highest BCUT2D eigenvalue weighted by Crippen LogP contribution is 2.37. The first-order valence-electron chi connectivity index (χ1n) is 8.15. The summed E-state index contributed by atoms with van der Waals surface area (Å²) in [5.41, 5.74) is 1.55. The molecule has 5 heteroatoms. The second-order valence-corrected chi connectivity index (χ2v) is 8.84. The highest BCUT2D eigenvalue weighted by molar-refractivity contribution is 9.11. The van der Waals surface area contributed by atoms with E-state index in [2.05, 4.69) is 44.2 Å². The predicted octanol–water partition coefficient (Wildman–Crippen LogP) is 3.12. The van der Waals surface area contributed by atoms with E-state index in [0.717, 1.165) is 6.54 Å². The number of likely N-dealkylation sites (N-methyl/N-ethyl adjacent to an activating group) is 1. The van der Waals surface area contributed by atoms with E-state index in [4.69, 9.17) is 0 Å². The number of aryl methyl sites for hydroxylation is 1. The highest BCUT2D eigenvalue weighted by atomic mass is 79.9. The monoisotopic (exact) mass is 371 g/mol. The summed E-state index contributed by atoms with van der Waals surface area (Å²) in [6.07, 6.45) is 5.16. The minimum absolute atomic E-state index is 0.587. The Morgan fingerprint density at radius 1 is 1.33 bits per heavy atom. The maximum absolute atomic E-state index is 3.79. The third kappa shape index (κ3) is 4.29. The Kier molecular flexibility index (Phi) is 5.73. The minimum Gasteiger partial charge on any atom is -0.310 e. The molecule has 1 N–H and O–H groups in total. The minimum atomic E-state index is 0.587. The molecule has 1 aromatic heterocycles. The largest absolute Gasteiger partial charge is 0.310 e. The number of halogens is 1. The first-order chi connectivity index (χ1) is 10.2. The van der Waals surface area contributed by atoms with Crippen LogP contribution in [0.5, 0.6) is 0 Å². The number of nitrogens with zero attached hydrogens (tertiary/aromatic N) is 2. The summed E-state index contributed by atoms with van der Waals surface area (Å²) < 4.78 is 1.29. The van der Waals surface area contributed by atoms with Gasteiger partial charge in [-0.15, -0.1) is 11.3 Å². The van der Waals surface area contributed by atoms with Crippen molar-refractivity contribution in [3.05, 3.63) is 20.3 Å². The number of piperazine rings is 1. The van der Waals surface area contributed by atoms with E-state index >= 15 is 0 Å². The molecule has 0 amide bonds. The van der Waals surface area contributed by atoms with Gasteiger partial charge in [-0.2, -0.15) is 0 Å². The Balaban J connectivity index is 1.40. The molecule has 1 aliphatic carbocycles. The molecular formula is C16H26BrN3S. The van der Waals surface area contributed by atoms with E-state index in [1.165, 1.54) is 62.2 Å². The Bertz CT molecular complexity index is 454. The quantitative estimate of drug-likeness (QED) is 0.802. The summed E-state index contributed by atoms with van der Waals surface area (Å²) in [7, 11) is 2.22. The van der Waals surface area contributed by atoms with Crippen molar-refractivity contribution in [2.75, 3.05) is 46.3 Å². The third-order valence-corrected chi connectivity index (χ3v) is 6.44. The van der Waals surface area contributed by atoms with Crippen LogP contribution in [-0.4, -0.2) is 56.1 Å². The molecule has 1 aromatic rings. The van der Waals surface area contributed by atoms with Crippen LogP contribution in [0.25, 0.3) is 0 Å². The Hall–Kier alpha value is 0.0600. The van der Waals surface area contributed by atoms with Crippen LogP contribution in [0.4, 0.5) is 0 Å². The van der Waals surface area contributed by atoms with Gasteiger partial charge in [0.05, 0.1) is 3.79 Å². The fourth-order valence-corrected chi connectivity index (χ4v) is 5.20. The zero-order chi connectivity index (χ0) is 14.7. The molecule has 0 bridgehead atoms. The second-order valence-electron chi connectivity index (χ2n) is 6.33. The topological polar surface area (TPSA) is 18.5 Å². The first kappa shape index (κ1) is 15.9. The van der Waals surface area contributed by atoms with E-state index in [9.17, 15) is 0 Å². The molecule has 3 nitrogen and oxygen atoms in total. The van der Waals surface area contributed by atoms with Gasteiger partial charge in [0.2, 0.25) is 0 Å². The average Bonchev–Trinajstić information content (AvgIpc) is 2.86. The Morgan fingerprint density at radius 2 is 2.14 bits per heavy atom. The maximum atomic E-state index is 3.79. The van der Waals surface area contributed by atoms with Gasteiger partial charge in [0.1, 0.15) is 0 Å². The lowest BCUT2D eigenvalue weighted by atomic mass is 9.94. The van der Waals surface area contributed by atoms with Crippen LogP contribution in [0, 0.1) is 0 Å². The van der Waals surface area contributed by atoms with Crippen LogP contribution in [-0.2, 0) is 6.42 Å². The number of hydrogen-bond acceptors (Lipinski definition) is 4. The van der Waals surface area contributed by atoms with Crippen LogP contribution >= 0.6 is 27.3 Å². The molecule has 3 rings (SSSR count). The molecule has 0 radical (unpaired) electrons. The van der Waals surface area contributed by atoms with Crippen molar-refractivity contribution in [3.63, 3.8) is 0 Å². The zero-order valence-corrected chi connectivity index (χ0v) is 15.3. The van der Waals surface area contributed by atoms with E-state index < -0.39 is 0 Å². The van der Waals surface area contributed by atoms with Crippen LogP contribution in [0.15, 0.2) is 9.85 Å². The van der Waals surface area contributed by atoms with Gasteiger partial charge < -0.3 is 15.1 Å². The summed E-state index contributed by atoms with van der Waals surface area (Å²) in [5, 5.41) is 3.79. The number of fused-ring (bicyclic) bond motifs is 1. The van der Waals surface area contributed by atoms with E-state index in [0.29, 0.717) is 6.04 Å². The van der Waals surface area contributed by atoms with Gasteiger partial charge in [0, 0.05) is 37.1 Å². The van der Waals surface area contributed by atoms with Gasteiger partial charge in [0.15, 0.2) is 0 Å². The predicted molar refractivity (Wildman–Crippen MR) is 94.3 cm³/mol. The number of hydrogen-bond donors (Lipinski definition) is 1. The Labute approximate surface area is 140 Å². The summed E-state index contributed by atoms with van der Waals surface area (Å²) in [4.78, 5) is 6.62. The normalized spacial score (nSPS) is 24.2. The fraction of sp³-hybridized carbons (Fsp3) is 0.750. The molecule has 21 heavy (non-hydrogen) atoms. The molecule has 0 aromatic carbocycles. The van der Waals surface area contributed by atoms with Crippen molar-refractivity contribution in [1.82, 2.24) is 15.1 Å². The van der Waals surface area contributed by atoms with Crippen molar-refractivity contribution < 1.29 is 0 Å². The standard InChI is InChI=1S/C16H26BrN3S/c1-19-8-10-20(11-9-19)7-3-6-18-14-4-2-5-15-13(14)12-16(17)21-15/h12,14,18H,2-11H2,1H3. The number of rotatable bonds is 5. The first-order valence-corrected chi connectivity index (χ1v) is 9.76. The summed E-state index contributed by atoms with van der Waals surface area (Å²) in [5.74, 6) is 0. The average molecular weight is 372 g/mol. The highest BCUT2D eigenvalue weighted by Gasteiger charge is 2.22. The van der Waals surface area contributed by atoms with Crippen LogP contribution in [0.2, 0.25) is 0 Å². The SMILES string of the molecule is CN1CCN(CCCNC2CCCc3sc(Br)cc32)CC1. The molecule has 1 unspecified atom stereocenters. The smallest absolute Gasteiger partial charge is 0.0704 e. The van der Waals surface area contributed by atoms with Gasteiger partial charge in [-0.3, -0.25) is 0 Å². The van der Waals surface area contributed by atoms with Gasteiger partial charge in [0.25, 0.3) is 0 Å². The van der Waals surface area contributed by atoms with Crippen molar-refractivity contribution in [1.29, 1.82) is 0 Å². The molecule has 0 saturated carbocycles.